The number of pyridine rings is 1. The number of anilines is 2. The number of para-hydroxylation sites is 1. The van der Waals surface area contributed by atoms with Crippen molar-refractivity contribution >= 4 is 38.2 Å². The molecule has 7 nitrogen and oxygen atoms in total. The number of rotatable bonds is 7. The quantitative estimate of drug-likeness (QED) is 0.660. The number of benzene rings is 2. The van der Waals surface area contributed by atoms with Crippen LogP contribution in [0.4, 0.5) is 11.4 Å². The van der Waals surface area contributed by atoms with E-state index in [1.165, 1.54) is 0 Å². The maximum absolute atomic E-state index is 12.6. The van der Waals surface area contributed by atoms with Crippen LogP contribution in [0.5, 0.6) is 5.75 Å². The Balaban J connectivity index is 1.82. The minimum atomic E-state index is -3.66. The Labute approximate surface area is 164 Å². The van der Waals surface area contributed by atoms with Gasteiger partial charge >= 0.3 is 0 Å². The molecule has 0 fully saturated rings. The molecular formula is C20H21N3O4S. The molecule has 0 aliphatic heterocycles. The molecule has 8 heteroatoms. The third-order valence-corrected chi connectivity index (χ3v) is 5.17. The molecule has 3 rings (SSSR count). The third-order valence-electron chi connectivity index (χ3n) is 4.03. The molecule has 28 heavy (non-hydrogen) atoms. The van der Waals surface area contributed by atoms with Crippen molar-refractivity contribution in [2.75, 3.05) is 29.0 Å². The molecule has 1 amide bonds. The molecule has 0 aliphatic rings. The van der Waals surface area contributed by atoms with Gasteiger partial charge in [-0.2, -0.15) is 0 Å². The van der Waals surface area contributed by atoms with E-state index in [2.05, 4.69) is 10.3 Å². The zero-order valence-electron chi connectivity index (χ0n) is 15.6. The Morgan fingerprint density at radius 1 is 1.11 bits per heavy atom. The van der Waals surface area contributed by atoms with Gasteiger partial charge in [-0.05, 0) is 43.3 Å². The summed E-state index contributed by atoms with van der Waals surface area (Å²) in [7, 11) is -3.66. The first-order valence-electron chi connectivity index (χ1n) is 8.72. The van der Waals surface area contributed by atoms with Crippen LogP contribution in [0.1, 0.15) is 6.92 Å². The second-order valence-electron chi connectivity index (χ2n) is 6.13. The molecule has 0 aliphatic carbocycles. The zero-order chi connectivity index (χ0) is 20.1. The average molecular weight is 399 g/mol. The topological polar surface area (TPSA) is 88.6 Å². The number of hydrogen-bond donors (Lipinski definition) is 1. The molecule has 1 heterocycles. The van der Waals surface area contributed by atoms with E-state index in [0.717, 1.165) is 15.9 Å². The molecule has 0 saturated heterocycles. The van der Waals surface area contributed by atoms with Gasteiger partial charge in [-0.15, -0.1) is 0 Å². The number of carbonyl (C=O) groups excluding carboxylic acids is 1. The van der Waals surface area contributed by atoms with E-state index >= 15 is 0 Å². The van der Waals surface area contributed by atoms with Crippen molar-refractivity contribution in [3.63, 3.8) is 0 Å². The molecule has 1 aromatic heterocycles. The number of hydrogen-bond acceptors (Lipinski definition) is 5. The van der Waals surface area contributed by atoms with Crippen LogP contribution in [-0.2, 0) is 14.8 Å². The van der Waals surface area contributed by atoms with Gasteiger partial charge in [0.25, 0.3) is 0 Å². The smallest absolute Gasteiger partial charge is 0.245 e. The van der Waals surface area contributed by atoms with E-state index in [0.29, 0.717) is 29.2 Å². The molecule has 0 saturated carbocycles. The molecule has 2 aromatic carbocycles. The van der Waals surface area contributed by atoms with Crippen LogP contribution < -0.4 is 14.4 Å². The van der Waals surface area contributed by atoms with Crippen molar-refractivity contribution in [1.82, 2.24) is 4.98 Å². The predicted octanol–water partition coefficient (Wildman–Crippen LogP) is 3.04. The van der Waals surface area contributed by atoms with E-state index < -0.39 is 15.9 Å². The number of nitrogens with one attached hydrogen (secondary N) is 1. The maximum Gasteiger partial charge on any atom is 0.245 e. The Kier molecular flexibility index (Phi) is 5.79. The number of aromatic nitrogens is 1. The van der Waals surface area contributed by atoms with Crippen molar-refractivity contribution in [1.29, 1.82) is 0 Å². The summed E-state index contributed by atoms with van der Waals surface area (Å²) in [6.07, 6.45) is 2.71. The Morgan fingerprint density at radius 3 is 2.50 bits per heavy atom. The highest BCUT2D eigenvalue weighted by Gasteiger charge is 2.21. The number of carbonyl (C=O) groups is 1. The second-order valence-corrected chi connectivity index (χ2v) is 8.03. The van der Waals surface area contributed by atoms with Crippen molar-refractivity contribution in [2.24, 2.45) is 0 Å². The van der Waals surface area contributed by atoms with Gasteiger partial charge in [0.05, 0.1) is 29.8 Å². The van der Waals surface area contributed by atoms with Crippen LogP contribution in [0.3, 0.4) is 0 Å². The van der Waals surface area contributed by atoms with Crippen LogP contribution >= 0.6 is 0 Å². The normalized spacial score (nSPS) is 11.2. The van der Waals surface area contributed by atoms with Crippen molar-refractivity contribution in [3.8, 4) is 5.75 Å². The zero-order valence-corrected chi connectivity index (χ0v) is 16.4. The summed E-state index contributed by atoms with van der Waals surface area (Å²) in [6.45, 7) is 2.02. The van der Waals surface area contributed by atoms with E-state index in [1.54, 1.807) is 42.6 Å². The molecule has 3 aromatic rings. The molecule has 0 atom stereocenters. The lowest BCUT2D eigenvalue weighted by Crippen LogP contribution is -2.37. The van der Waals surface area contributed by atoms with E-state index in [1.807, 2.05) is 25.1 Å². The van der Waals surface area contributed by atoms with Gasteiger partial charge in [-0.3, -0.25) is 14.1 Å². The average Bonchev–Trinajstić information content (AvgIpc) is 2.67. The van der Waals surface area contributed by atoms with Crippen LogP contribution in [0.25, 0.3) is 10.9 Å². The van der Waals surface area contributed by atoms with Gasteiger partial charge in [0.15, 0.2) is 0 Å². The van der Waals surface area contributed by atoms with Crippen LogP contribution in [0, 0.1) is 0 Å². The largest absolute Gasteiger partial charge is 0.494 e. The third kappa shape index (κ3) is 4.58. The number of fused-ring (bicyclic) bond motifs is 1. The maximum atomic E-state index is 12.6. The van der Waals surface area contributed by atoms with Gasteiger partial charge in [0, 0.05) is 11.6 Å². The summed E-state index contributed by atoms with van der Waals surface area (Å²) in [4.78, 5) is 16.9. The van der Waals surface area contributed by atoms with Gasteiger partial charge in [-0.25, -0.2) is 8.42 Å². The molecule has 0 unspecified atom stereocenters. The predicted molar refractivity (Wildman–Crippen MR) is 110 cm³/mol. The molecule has 1 N–H and O–H groups in total. The highest BCUT2D eigenvalue weighted by atomic mass is 32.2. The Hall–Kier alpha value is -3.13. The number of amides is 1. The summed E-state index contributed by atoms with van der Waals surface area (Å²) in [5, 5.41) is 3.64. The first-order valence-corrected chi connectivity index (χ1v) is 10.6. The van der Waals surface area contributed by atoms with Gasteiger partial charge in [0.1, 0.15) is 12.3 Å². The molecule has 146 valence electrons. The standard InChI is InChI=1S/C20H21N3O4S/c1-3-27-17-11-9-16(10-12-17)23(28(2,25)26)14-19(24)22-18-8-4-6-15-7-5-13-21-20(15)18/h4-13H,3,14H2,1-2H3,(H,22,24). The SMILES string of the molecule is CCOc1ccc(N(CC(=O)Nc2cccc3cccnc23)S(C)(=O)=O)cc1. The summed E-state index contributed by atoms with van der Waals surface area (Å²) in [5.74, 6) is 0.170. The lowest BCUT2D eigenvalue weighted by molar-refractivity contribution is -0.114. The van der Waals surface area contributed by atoms with Gasteiger partial charge in [-0.1, -0.05) is 18.2 Å². The first kappa shape index (κ1) is 19.6. The monoisotopic (exact) mass is 399 g/mol. The summed E-state index contributed by atoms with van der Waals surface area (Å²) in [6, 6.07) is 15.7. The van der Waals surface area contributed by atoms with E-state index in [-0.39, 0.29) is 6.54 Å². The second kappa shape index (κ2) is 8.26. The number of ether oxygens (including phenoxy) is 1. The molecule has 0 radical (unpaired) electrons. The van der Waals surface area contributed by atoms with E-state index in [9.17, 15) is 13.2 Å². The molecule has 0 spiro atoms. The van der Waals surface area contributed by atoms with Gasteiger partial charge < -0.3 is 10.1 Å². The molecule has 0 bridgehead atoms. The summed E-state index contributed by atoms with van der Waals surface area (Å²) in [5.41, 5.74) is 1.56. The molecular weight excluding hydrogens is 378 g/mol. The van der Waals surface area contributed by atoms with E-state index in [4.69, 9.17) is 4.74 Å². The van der Waals surface area contributed by atoms with Crippen LogP contribution in [-0.4, -0.2) is 38.7 Å². The lowest BCUT2D eigenvalue weighted by atomic mass is 10.2. The van der Waals surface area contributed by atoms with Crippen LogP contribution in [0.2, 0.25) is 0 Å². The summed E-state index contributed by atoms with van der Waals surface area (Å²) < 4.78 is 30.9. The van der Waals surface area contributed by atoms with Crippen molar-refractivity contribution < 1.29 is 17.9 Å². The fourth-order valence-electron chi connectivity index (χ4n) is 2.80. The number of nitrogens with zero attached hydrogens (tertiary/aromatic N) is 2. The minimum absolute atomic E-state index is 0.351. The summed E-state index contributed by atoms with van der Waals surface area (Å²) >= 11 is 0. The minimum Gasteiger partial charge on any atom is -0.494 e. The Morgan fingerprint density at radius 2 is 1.82 bits per heavy atom. The van der Waals surface area contributed by atoms with Crippen molar-refractivity contribution in [3.05, 3.63) is 60.8 Å². The lowest BCUT2D eigenvalue weighted by Gasteiger charge is -2.22. The van der Waals surface area contributed by atoms with Crippen LogP contribution in [0.15, 0.2) is 60.8 Å². The van der Waals surface area contributed by atoms with Crippen molar-refractivity contribution in [2.45, 2.75) is 6.92 Å². The fraction of sp³-hybridized carbons (Fsp3) is 0.200. The first-order chi connectivity index (χ1) is 13.4. The van der Waals surface area contributed by atoms with Gasteiger partial charge in [0.2, 0.25) is 15.9 Å². The Bertz CT molecular complexity index is 1080. The fourth-order valence-corrected chi connectivity index (χ4v) is 3.66. The highest BCUT2D eigenvalue weighted by Crippen LogP contribution is 2.23. The highest BCUT2D eigenvalue weighted by molar-refractivity contribution is 7.92. The number of sulfonamides is 1.